The van der Waals surface area contributed by atoms with Crippen molar-refractivity contribution in [3.05, 3.63) is 64.7 Å². The number of anilines is 1. The first-order chi connectivity index (χ1) is 13.5. The fourth-order valence-corrected chi connectivity index (χ4v) is 2.96. The summed E-state index contributed by atoms with van der Waals surface area (Å²) in [6.45, 7) is 6.32. The van der Waals surface area contributed by atoms with Crippen molar-refractivity contribution in [3.8, 4) is 0 Å². The van der Waals surface area contributed by atoms with E-state index in [-0.39, 0.29) is 11.3 Å². The molecule has 0 aromatic carbocycles. The zero-order valence-corrected chi connectivity index (χ0v) is 16.2. The summed E-state index contributed by atoms with van der Waals surface area (Å²) >= 11 is 1.17. The fraction of sp³-hybridized carbons (Fsp3) is 0.167. The quantitative estimate of drug-likeness (QED) is 0.537. The molecule has 0 aliphatic rings. The highest BCUT2D eigenvalue weighted by molar-refractivity contribution is 7.22. The number of amides is 1. The molecule has 7 nitrogen and oxygen atoms in total. The number of allylic oxidation sites excluding steroid dienone is 3. The molecule has 156 valence electrons. The van der Waals surface area contributed by atoms with Crippen LogP contribution in [0.2, 0.25) is 0 Å². The van der Waals surface area contributed by atoms with E-state index in [4.69, 9.17) is 9.52 Å². The largest absolute Gasteiger partial charge is 0.477 e. The molecule has 11 heteroatoms. The van der Waals surface area contributed by atoms with Crippen LogP contribution in [0.25, 0.3) is 10.3 Å². The summed E-state index contributed by atoms with van der Waals surface area (Å²) in [5, 5.41) is 11.7. The van der Waals surface area contributed by atoms with Crippen LogP contribution in [0.1, 0.15) is 10.4 Å². The van der Waals surface area contributed by atoms with Crippen molar-refractivity contribution in [2.24, 2.45) is 0 Å². The summed E-state index contributed by atoms with van der Waals surface area (Å²) in [6, 6.07) is 2.76. The predicted octanol–water partition coefficient (Wildman–Crippen LogP) is 3.54. The Labute approximate surface area is 167 Å². The van der Waals surface area contributed by atoms with Crippen LogP contribution < -0.4 is 15.8 Å². The van der Waals surface area contributed by atoms with Crippen molar-refractivity contribution < 1.29 is 32.3 Å². The lowest BCUT2D eigenvalue weighted by Crippen LogP contribution is -2.17. The number of fused-ring (bicyclic) bond motifs is 1. The van der Waals surface area contributed by atoms with Crippen LogP contribution in [0.5, 0.6) is 0 Å². The van der Waals surface area contributed by atoms with Gasteiger partial charge < -0.3 is 19.7 Å². The van der Waals surface area contributed by atoms with Gasteiger partial charge in [-0.15, -0.1) is 11.3 Å². The Balaban J connectivity index is 0.000000311. The van der Waals surface area contributed by atoms with Gasteiger partial charge in [0.15, 0.2) is 5.58 Å². The van der Waals surface area contributed by atoms with E-state index in [2.05, 4.69) is 18.5 Å². The van der Waals surface area contributed by atoms with Gasteiger partial charge in [0.25, 0.3) is 0 Å². The molecule has 0 saturated heterocycles. The molecule has 2 heterocycles. The van der Waals surface area contributed by atoms with Crippen molar-refractivity contribution in [1.82, 2.24) is 5.32 Å². The zero-order valence-electron chi connectivity index (χ0n) is 15.4. The molecule has 0 saturated carbocycles. The minimum atomic E-state index is -4.38. The molecule has 1 amide bonds. The number of aromatic carboxylic acids is 1. The molecule has 0 atom stereocenters. The first-order valence-electron chi connectivity index (χ1n) is 7.73. The van der Waals surface area contributed by atoms with Gasteiger partial charge in [0.05, 0.1) is 10.3 Å². The van der Waals surface area contributed by atoms with E-state index in [1.807, 2.05) is 0 Å². The summed E-state index contributed by atoms with van der Waals surface area (Å²) in [4.78, 5) is 33.9. The standard InChI is InChI=1S/C10H7NO5S.C8H10F3N/c1-11(4-12)8-3-6-7(17-8)2-5(9(13)14)10(15)16-6;1-4-6(8(9,10)11)7(5-2)12-3/h2-4H,1H3,(H,13,14);4-5,12H,1-2H2,3H3/b;7-6-. The van der Waals surface area contributed by atoms with Gasteiger partial charge in [0.2, 0.25) is 6.41 Å². The maximum Gasteiger partial charge on any atom is 0.418 e. The van der Waals surface area contributed by atoms with E-state index in [1.54, 1.807) is 7.05 Å². The number of carbonyl (C=O) groups is 2. The monoisotopic (exact) mass is 430 g/mol. The molecule has 0 spiro atoms. The van der Waals surface area contributed by atoms with Gasteiger partial charge in [-0.3, -0.25) is 4.79 Å². The highest BCUT2D eigenvalue weighted by atomic mass is 32.1. The number of nitrogens with one attached hydrogen (secondary N) is 1. The van der Waals surface area contributed by atoms with Crippen molar-refractivity contribution in [3.63, 3.8) is 0 Å². The second-order valence-electron chi connectivity index (χ2n) is 5.27. The minimum absolute atomic E-state index is 0.0718. The Kier molecular flexibility index (Phi) is 7.95. The van der Waals surface area contributed by atoms with Gasteiger partial charge in [0, 0.05) is 25.9 Å². The van der Waals surface area contributed by atoms with Gasteiger partial charge >= 0.3 is 17.8 Å². The van der Waals surface area contributed by atoms with Crippen molar-refractivity contribution in [2.45, 2.75) is 6.18 Å². The molecule has 2 aromatic rings. The molecule has 0 fully saturated rings. The third-order valence-electron chi connectivity index (χ3n) is 3.42. The molecule has 29 heavy (non-hydrogen) atoms. The predicted molar refractivity (Wildman–Crippen MR) is 104 cm³/mol. The number of carbonyl (C=O) groups excluding carboxylic acids is 1. The molecule has 2 N–H and O–H groups in total. The van der Waals surface area contributed by atoms with Crippen LogP contribution in [0.15, 0.2) is 57.9 Å². The SMILES string of the molecule is C=C/C(NC)=C(\C=C)C(F)(F)F.CN(C=O)c1cc2oc(=O)c(C(=O)O)cc2s1. The third kappa shape index (κ3) is 5.82. The number of carboxylic acid groups (broad SMARTS) is 1. The van der Waals surface area contributed by atoms with Crippen LogP contribution in [0.3, 0.4) is 0 Å². The summed E-state index contributed by atoms with van der Waals surface area (Å²) < 4.78 is 41.7. The molecular weight excluding hydrogens is 413 g/mol. The second-order valence-corrected chi connectivity index (χ2v) is 6.33. The number of nitrogens with zero attached hydrogens (tertiary/aromatic N) is 1. The van der Waals surface area contributed by atoms with Crippen molar-refractivity contribution >= 4 is 39.0 Å². The Hall–Kier alpha value is -3.34. The summed E-state index contributed by atoms with van der Waals surface area (Å²) in [5.74, 6) is -1.33. The lowest BCUT2D eigenvalue weighted by molar-refractivity contribution is -0.107. The van der Waals surface area contributed by atoms with E-state index < -0.39 is 28.9 Å². The average molecular weight is 430 g/mol. The average Bonchev–Trinajstić information content (AvgIpc) is 3.06. The normalized spacial score (nSPS) is 11.6. The number of alkyl halides is 3. The van der Waals surface area contributed by atoms with E-state index in [0.29, 0.717) is 16.1 Å². The second kappa shape index (κ2) is 9.73. The molecule has 0 aliphatic heterocycles. The number of thiophene rings is 1. The molecule has 0 bridgehead atoms. The number of likely N-dealkylation sites (N-methyl/N-ethyl adjacent to an activating group) is 1. The number of hydrogen-bond donors (Lipinski definition) is 2. The minimum Gasteiger partial charge on any atom is -0.477 e. The number of halogens is 3. The lowest BCUT2D eigenvalue weighted by Gasteiger charge is -2.11. The Morgan fingerprint density at radius 1 is 1.31 bits per heavy atom. The van der Waals surface area contributed by atoms with E-state index in [0.717, 1.165) is 12.2 Å². The van der Waals surface area contributed by atoms with Gasteiger partial charge in [-0.05, 0) is 12.1 Å². The Bertz CT molecular complexity index is 1020. The zero-order chi connectivity index (χ0) is 22.4. The van der Waals surface area contributed by atoms with Crippen LogP contribution in [0, 0.1) is 0 Å². The maximum absolute atomic E-state index is 12.1. The van der Waals surface area contributed by atoms with Gasteiger partial charge in [-0.25, -0.2) is 9.59 Å². The molecular formula is C18H17F3N2O5S. The molecule has 0 aliphatic carbocycles. The van der Waals surface area contributed by atoms with Gasteiger partial charge in [-0.1, -0.05) is 19.2 Å². The van der Waals surface area contributed by atoms with Crippen LogP contribution in [-0.4, -0.2) is 37.8 Å². The van der Waals surface area contributed by atoms with E-state index >= 15 is 0 Å². The smallest absolute Gasteiger partial charge is 0.418 e. The van der Waals surface area contributed by atoms with Crippen LogP contribution in [0.4, 0.5) is 18.2 Å². The Morgan fingerprint density at radius 2 is 1.93 bits per heavy atom. The third-order valence-corrected chi connectivity index (χ3v) is 4.57. The van der Waals surface area contributed by atoms with Crippen molar-refractivity contribution in [2.75, 3.05) is 19.0 Å². The maximum atomic E-state index is 12.1. The van der Waals surface area contributed by atoms with Crippen LogP contribution >= 0.6 is 11.3 Å². The molecule has 2 aromatic heterocycles. The number of carboxylic acids is 1. The fourth-order valence-electron chi connectivity index (χ4n) is 2.00. The number of rotatable bonds is 6. The van der Waals surface area contributed by atoms with Crippen LogP contribution in [-0.2, 0) is 4.79 Å². The highest BCUT2D eigenvalue weighted by Crippen LogP contribution is 2.31. The molecule has 2 rings (SSSR count). The van der Waals surface area contributed by atoms with Gasteiger partial charge in [-0.2, -0.15) is 13.2 Å². The molecule has 0 unspecified atom stereocenters. The topological polar surface area (TPSA) is 99.9 Å². The Morgan fingerprint density at radius 3 is 2.31 bits per heavy atom. The summed E-state index contributed by atoms with van der Waals surface area (Å²) in [7, 11) is 2.94. The first-order valence-corrected chi connectivity index (χ1v) is 8.55. The molecule has 0 radical (unpaired) electrons. The summed E-state index contributed by atoms with van der Waals surface area (Å²) in [6.07, 6.45) is -1.91. The number of hydrogen-bond acceptors (Lipinski definition) is 6. The highest BCUT2D eigenvalue weighted by Gasteiger charge is 2.33. The first kappa shape index (κ1) is 23.7. The van der Waals surface area contributed by atoms with E-state index in [9.17, 15) is 27.6 Å². The van der Waals surface area contributed by atoms with Crippen molar-refractivity contribution in [1.29, 1.82) is 0 Å². The van der Waals surface area contributed by atoms with E-state index in [1.165, 1.54) is 35.4 Å². The van der Waals surface area contributed by atoms with Gasteiger partial charge in [0.1, 0.15) is 10.6 Å². The summed E-state index contributed by atoms with van der Waals surface area (Å²) in [5.41, 5.74) is -1.92. The lowest BCUT2D eigenvalue weighted by atomic mass is 10.2.